The van der Waals surface area contributed by atoms with Crippen molar-refractivity contribution in [3.05, 3.63) is 34.9 Å². The monoisotopic (exact) mass is 567 g/mol. The van der Waals surface area contributed by atoms with E-state index >= 15 is 0 Å². The van der Waals surface area contributed by atoms with Gasteiger partial charge in [0.2, 0.25) is 0 Å². The Bertz CT molecular complexity index is 860. The topological polar surface area (TPSA) is 113 Å². The molecule has 0 aliphatic heterocycles. The highest BCUT2D eigenvalue weighted by atomic mass is 28.4. The number of methoxy groups -OCH3 is 1. The molecule has 1 aromatic rings. The normalized spacial score (nSPS) is 11.9. The summed E-state index contributed by atoms with van der Waals surface area (Å²) in [6.45, 7) is 10.2. The minimum absolute atomic E-state index is 0.328. The molecule has 39 heavy (non-hydrogen) atoms. The summed E-state index contributed by atoms with van der Waals surface area (Å²) in [7, 11) is -1.05. The maximum atomic E-state index is 12.0. The third-order valence-corrected chi connectivity index (χ3v) is 9.19. The van der Waals surface area contributed by atoms with E-state index in [2.05, 4.69) is 12.2 Å². The van der Waals surface area contributed by atoms with Crippen LogP contribution in [0.2, 0.25) is 6.04 Å². The maximum absolute atomic E-state index is 12.0. The van der Waals surface area contributed by atoms with Crippen LogP contribution < -0.4 is 10.1 Å². The van der Waals surface area contributed by atoms with Crippen molar-refractivity contribution in [3.63, 3.8) is 0 Å². The van der Waals surface area contributed by atoms with Crippen LogP contribution in [0, 0.1) is 0 Å². The number of unbranched alkanes of at least 4 members (excludes halogenated alkanes) is 3. The highest BCUT2D eigenvalue weighted by Gasteiger charge is 2.39. The SMILES string of the molecule is CCCc1cc(/C=C(\CCCCCCOC(=O)NCCC[Si](OCC)(OCC)OCC)C(=O)O)ccc1OC. The van der Waals surface area contributed by atoms with Crippen molar-refractivity contribution in [1.29, 1.82) is 0 Å². The predicted molar refractivity (Wildman–Crippen MR) is 155 cm³/mol. The summed E-state index contributed by atoms with van der Waals surface area (Å²) in [5.41, 5.74) is 2.35. The van der Waals surface area contributed by atoms with E-state index in [-0.39, 0.29) is 0 Å². The molecule has 1 aromatic carbocycles. The highest BCUT2D eigenvalue weighted by molar-refractivity contribution is 6.60. The molecule has 0 unspecified atom stereocenters. The first-order valence-electron chi connectivity index (χ1n) is 14.3. The van der Waals surface area contributed by atoms with Gasteiger partial charge in [-0.1, -0.05) is 32.3 Å². The molecule has 0 spiro atoms. The number of amides is 1. The van der Waals surface area contributed by atoms with Gasteiger partial charge in [-0.25, -0.2) is 9.59 Å². The summed E-state index contributed by atoms with van der Waals surface area (Å²) < 4.78 is 28.1. The molecular weight excluding hydrogens is 518 g/mol. The van der Waals surface area contributed by atoms with Crippen LogP contribution in [0.25, 0.3) is 6.08 Å². The number of hydrogen-bond donors (Lipinski definition) is 2. The minimum atomic E-state index is -2.70. The number of carboxylic acids is 1. The lowest BCUT2D eigenvalue weighted by Crippen LogP contribution is -2.46. The Morgan fingerprint density at radius 2 is 1.62 bits per heavy atom. The second-order valence-corrected chi connectivity index (χ2v) is 11.8. The fraction of sp³-hybridized carbons (Fsp3) is 0.655. The molecule has 0 radical (unpaired) electrons. The molecule has 0 bridgehead atoms. The number of nitrogens with one attached hydrogen (secondary N) is 1. The van der Waals surface area contributed by atoms with Crippen molar-refractivity contribution in [2.45, 2.75) is 85.1 Å². The largest absolute Gasteiger partial charge is 0.500 e. The Morgan fingerprint density at radius 1 is 0.949 bits per heavy atom. The smallest absolute Gasteiger partial charge is 0.496 e. The fourth-order valence-electron chi connectivity index (χ4n) is 4.28. The number of carbonyl (C=O) groups is 2. The summed E-state index contributed by atoms with van der Waals surface area (Å²) >= 11 is 0. The summed E-state index contributed by atoms with van der Waals surface area (Å²) in [5, 5.41) is 12.4. The van der Waals surface area contributed by atoms with Gasteiger partial charge in [0.1, 0.15) is 5.75 Å². The molecule has 0 atom stereocenters. The van der Waals surface area contributed by atoms with E-state index in [0.29, 0.717) is 57.4 Å². The molecule has 0 saturated heterocycles. The quantitative estimate of drug-likeness (QED) is 0.0963. The molecule has 1 amide bonds. The van der Waals surface area contributed by atoms with Crippen molar-refractivity contribution in [2.24, 2.45) is 0 Å². The molecule has 0 aliphatic carbocycles. The number of rotatable bonds is 22. The lowest BCUT2D eigenvalue weighted by atomic mass is 10.0. The van der Waals surface area contributed by atoms with Gasteiger partial charge in [0.15, 0.2) is 0 Å². The van der Waals surface area contributed by atoms with Crippen LogP contribution in [0.15, 0.2) is 23.8 Å². The number of aryl methyl sites for hydroxylation is 1. The minimum Gasteiger partial charge on any atom is -0.496 e. The van der Waals surface area contributed by atoms with E-state index in [4.69, 9.17) is 22.8 Å². The van der Waals surface area contributed by atoms with E-state index in [1.165, 1.54) is 0 Å². The van der Waals surface area contributed by atoms with Crippen molar-refractivity contribution >= 4 is 26.9 Å². The van der Waals surface area contributed by atoms with Gasteiger partial charge in [0.05, 0.1) is 13.7 Å². The summed E-state index contributed by atoms with van der Waals surface area (Å²) in [5.74, 6) is -0.0678. The van der Waals surface area contributed by atoms with E-state index < -0.39 is 20.9 Å². The lowest BCUT2D eigenvalue weighted by molar-refractivity contribution is -0.132. The van der Waals surface area contributed by atoms with Gasteiger partial charge in [-0.15, -0.1) is 0 Å². The Morgan fingerprint density at radius 3 is 2.21 bits per heavy atom. The van der Waals surface area contributed by atoms with Gasteiger partial charge >= 0.3 is 20.9 Å². The summed E-state index contributed by atoms with van der Waals surface area (Å²) in [4.78, 5) is 23.7. The molecular formula is C29H49NO8Si. The van der Waals surface area contributed by atoms with Crippen molar-refractivity contribution in [2.75, 3.05) is 40.1 Å². The molecule has 0 fully saturated rings. The second kappa shape index (κ2) is 20.5. The average molecular weight is 568 g/mol. The average Bonchev–Trinajstić information content (AvgIpc) is 2.90. The Kier molecular flexibility index (Phi) is 18.2. The molecule has 0 aliphatic rings. The van der Waals surface area contributed by atoms with Crippen LogP contribution in [0.1, 0.15) is 83.8 Å². The van der Waals surface area contributed by atoms with E-state index in [9.17, 15) is 14.7 Å². The van der Waals surface area contributed by atoms with Crippen LogP contribution in [0.4, 0.5) is 4.79 Å². The molecule has 0 heterocycles. The van der Waals surface area contributed by atoms with Crippen LogP contribution in [-0.2, 0) is 29.2 Å². The van der Waals surface area contributed by atoms with E-state index in [0.717, 1.165) is 55.4 Å². The highest BCUT2D eigenvalue weighted by Crippen LogP contribution is 2.24. The van der Waals surface area contributed by atoms with Gasteiger partial charge in [-0.3, -0.25) is 0 Å². The molecule has 0 aromatic heterocycles. The number of aliphatic carboxylic acids is 1. The third-order valence-electron chi connectivity index (χ3n) is 6.03. The van der Waals surface area contributed by atoms with E-state index in [1.54, 1.807) is 13.2 Å². The molecule has 222 valence electrons. The van der Waals surface area contributed by atoms with Crippen molar-refractivity contribution < 1.29 is 37.4 Å². The van der Waals surface area contributed by atoms with E-state index in [1.807, 2.05) is 39.0 Å². The molecule has 1 rings (SSSR count). The zero-order valence-electron chi connectivity index (χ0n) is 24.5. The standard InChI is InChI=1S/C29H49NO8Si/c1-6-15-25-22-24(17-18-27(25)34-5)23-26(28(31)32)16-12-10-11-13-20-35-29(33)30-19-14-21-39(36-7-2,37-8-3)38-9-4/h17-18,22-23H,6-16,19-21H2,1-5H3,(H,30,33)(H,31,32)/b26-23+. The van der Waals surface area contributed by atoms with Crippen LogP contribution in [-0.4, -0.2) is 66.1 Å². The lowest BCUT2D eigenvalue weighted by Gasteiger charge is -2.28. The number of hydrogen-bond acceptors (Lipinski definition) is 7. The summed E-state index contributed by atoms with van der Waals surface area (Å²) in [6, 6.07) is 6.42. The third kappa shape index (κ3) is 14.0. The number of ether oxygens (including phenoxy) is 2. The molecule has 2 N–H and O–H groups in total. The van der Waals surface area contributed by atoms with Crippen LogP contribution in [0.3, 0.4) is 0 Å². The number of benzene rings is 1. The zero-order valence-corrected chi connectivity index (χ0v) is 25.5. The van der Waals surface area contributed by atoms with Gasteiger partial charge in [0, 0.05) is 38.0 Å². The first-order chi connectivity index (χ1) is 18.8. The van der Waals surface area contributed by atoms with Crippen LogP contribution in [0.5, 0.6) is 5.75 Å². The fourth-order valence-corrected chi connectivity index (χ4v) is 6.89. The first kappa shape index (κ1) is 34.6. The van der Waals surface area contributed by atoms with Gasteiger partial charge in [-0.05, 0) is 82.2 Å². The maximum Gasteiger partial charge on any atom is 0.500 e. The first-order valence-corrected chi connectivity index (χ1v) is 16.2. The van der Waals surface area contributed by atoms with Crippen molar-refractivity contribution in [1.82, 2.24) is 5.32 Å². The second-order valence-electron chi connectivity index (χ2n) is 9.11. The Hall–Kier alpha value is -2.40. The van der Waals surface area contributed by atoms with Gasteiger partial charge < -0.3 is 33.2 Å². The van der Waals surface area contributed by atoms with Crippen LogP contribution >= 0.6 is 0 Å². The number of carboxylic acid groups (broad SMARTS) is 1. The predicted octanol–water partition coefficient (Wildman–Crippen LogP) is 6.23. The Balaban J connectivity index is 2.33. The van der Waals surface area contributed by atoms with Gasteiger partial charge in [-0.2, -0.15) is 0 Å². The van der Waals surface area contributed by atoms with Gasteiger partial charge in [0.25, 0.3) is 0 Å². The number of alkyl carbamates (subject to hydrolysis) is 1. The Labute approximate surface area is 235 Å². The number of carbonyl (C=O) groups excluding carboxylic acids is 1. The molecule has 10 heteroatoms. The van der Waals surface area contributed by atoms with Crippen molar-refractivity contribution in [3.8, 4) is 5.75 Å². The summed E-state index contributed by atoms with van der Waals surface area (Å²) in [6.07, 6.45) is 7.54. The molecule has 9 nitrogen and oxygen atoms in total. The zero-order chi connectivity index (χ0) is 28.9. The molecule has 0 saturated carbocycles.